The van der Waals surface area contributed by atoms with Crippen molar-refractivity contribution in [3.8, 4) is 22.3 Å². The summed E-state index contributed by atoms with van der Waals surface area (Å²) in [6.45, 7) is 7.26. The SMILES string of the molecule is CC1=Cc2c(-c3cccc4ccccc34)cccc2[CH]1[Hf]([CH3])([CH3])(=[SiH2])[CH]1C(C)=Cc2c(-c3cccc4ccccc34)cccc21. The summed E-state index contributed by atoms with van der Waals surface area (Å²) in [6, 6.07) is 45.3. The minimum absolute atomic E-state index is 0.510. The fourth-order valence-electron chi connectivity index (χ4n) is 9.18. The van der Waals surface area contributed by atoms with Crippen LogP contribution in [0, 0.1) is 0 Å². The molecule has 44 heavy (non-hydrogen) atoms. The van der Waals surface area contributed by atoms with Gasteiger partial charge in [-0.3, -0.25) is 0 Å². The van der Waals surface area contributed by atoms with E-state index < -0.39 is 17.1 Å². The van der Waals surface area contributed by atoms with Crippen LogP contribution in [-0.2, 0) is 17.1 Å². The minimum atomic E-state index is -3.77. The van der Waals surface area contributed by atoms with Crippen LogP contribution in [0.15, 0.2) is 132 Å². The third kappa shape index (κ3) is 4.11. The van der Waals surface area contributed by atoms with E-state index in [-0.39, 0.29) is 0 Å². The molecule has 0 nitrogen and oxygen atoms in total. The van der Waals surface area contributed by atoms with Gasteiger partial charge in [-0.1, -0.05) is 0 Å². The molecule has 2 heteroatoms. The summed E-state index contributed by atoms with van der Waals surface area (Å²) in [6.07, 6.45) is 5.07. The zero-order chi connectivity index (χ0) is 30.2. The molecule has 0 saturated carbocycles. The molecule has 6 aromatic carbocycles. The molecule has 0 aliphatic heterocycles. The van der Waals surface area contributed by atoms with Gasteiger partial charge in [-0.2, -0.15) is 0 Å². The van der Waals surface area contributed by atoms with Crippen LogP contribution < -0.4 is 0 Å². The molecule has 2 atom stereocenters. The van der Waals surface area contributed by atoms with E-state index in [1.165, 1.54) is 54.9 Å². The molecule has 8 rings (SSSR count). The second kappa shape index (κ2) is 9.96. The van der Waals surface area contributed by atoms with Gasteiger partial charge in [0.1, 0.15) is 0 Å². The summed E-state index contributed by atoms with van der Waals surface area (Å²) in [4.78, 5) is 0. The van der Waals surface area contributed by atoms with Crippen LogP contribution in [0.3, 0.4) is 0 Å². The number of fused-ring (bicyclic) bond motifs is 4. The van der Waals surface area contributed by atoms with E-state index in [2.05, 4.69) is 164 Å². The third-order valence-corrected chi connectivity index (χ3v) is 36.4. The number of allylic oxidation sites excluding steroid dienone is 2. The van der Waals surface area contributed by atoms with Gasteiger partial charge in [0.2, 0.25) is 0 Å². The van der Waals surface area contributed by atoms with Crippen molar-refractivity contribution in [2.45, 2.75) is 30.6 Å². The van der Waals surface area contributed by atoms with Crippen molar-refractivity contribution in [3.63, 3.8) is 0 Å². The number of hydrogen-bond acceptors (Lipinski definition) is 0. The summed E-state index contributed by atoms with van der Waals surface area (Å²) >= 11 is -3.77. The molecule has 0 aromatic heterocycles. The number of rotatable bonds is 4. The molecule has 0 amide bonds. The Morgan fingerprint density at radius 1 is 0.455 bits per heavy atom. The number of hydrogen-bond donors (Lipinski definition) is 0. The van der Waals surface area contributed by atoms with E-state index in [0.29, 0.717) is 7.35 Å². The van der Waals surface area contributed by atoms with Gasteiger partial charge in [-0.05, 0) is 0 Å². The Balaban J connectivity index is 1.28. The van der Waals surface area contributed by atoms with E-state index in [0.717, 1.165) is 0 Å². The van der Waals surface area contributed by atoms with Gasteiger partial charge in [0, 0.05) is 0 Å². The molecule has 2 unspecified atom stereocenters. The Morgan fingerprint density at radius 2 is 0.818 bits per heavy atom. The molecule has 0 N–H and O–H groups in total. The Labute approximate surface area is 263 Å². The molecule has 0 heterocycles. The van der Waals surface area contributed by atoms with Gasteiger partial charge in [0.05, 0.1) is 0 Å². The van der Waals surface area contributed by atoms with Crippen molar-refractivity contribution in [2.75, 3.05) is 0 Å². The molecule has 214 valence electrons. The summed E-state index contributed by atoms with van der Waals surface area (Å²) in [7, 11) is 0. The Hall–Kier alpha value is -3.59. The first kappa shape index (κ1) is 27.9. The van der Waals surface area contributed by atoms with Crippen LogP contribution in [0.2, 0.25) is 9.36 Å². The molecule has 6 aromatic rings. The zero-order valence-corrected chi connectivity index (χ0v) is 31.1. The van der Waals surface area contributed by atoms with Crippen LogP contribution in [0.1, 0.15) is 43.5 Å². The Kier molecular flexibility index (Phi) is 6.32. The molecule has 0 fully saturated rings. The molecule has 0 bridgehead atoms. The average Bonchev–Trinajstić information content (AvgIpc) is 3.57. The van der Waals surface area contributed by atoms with Crippen molar-refractivity contribution < 1.29 is 17.1 Å². The van der Waals surface area contributed by atoms with Crippen molar-refractivity contribution >= 4 is 40.6 Å². The standard InChI is InChI=1S/2C20H15.2CH3.Hf.H2Si/c2*1-14-12-16-8-5-11-19(20(16)13-14)18-10-4-7-15-6-2-3-9-17(15)18;;;;/h2*2-13H,1H3;2*1H3;;1H2. The van der Waals surface area contributed by atoms with Gasteiger partial charge in [0.25, 0.3) is 0 Å². The van der Waals surface area contributed by atoms with E-state index in [1.54, 1.807) is 22.3 Å². The zero-order valence-electron chi connectivity index (χ0n) is 26.1. The molecular weight excluding hydrogens is 711 g/mol. The summed E-state index contributed by atoms with van der Waals surface area (Å²) in [5.74, 6) is 0. The van der Waals surface area contributed by atoms with E-state index >= 15 is 0 Å². The maximum absolute atomic E-state index is 3.77. The fraction of sp³-hybridized carbons (Fsp3) is 0.143. The molecular formula is C42H38HfSi. The van der Waals surface area contributed by atoms with E-state index in [4.69, 9.17) is 0 Å². The molecule has 0 spiro atoms. The van der Waals surface area contributed by atoms with Crippen LogP contribution in [0.5, 0.6) is 0 Å². The van der Waals surface area contributed by atoms with Gasteiger partial charge < -0.3 is 0 Å². The normalized spacial score (nSPS) is 17.8. The van der Waals surface area contributed by atoms with Crippen molar-refractivity contribution in [1.29, 1.82) is 0 Å². The van der Waals surface area contributed by atoms with Crippen molar-refractivity contribution in [2.24, 2.45) is 0 Å². The molecule has 0 radical (unpaired) electrons. The summed E-state index contributed by atoms with van der Waals surface area (Å²) in [5, 5.41) is 5.27. The first-order valence-corrected chi connectivity index (χ1v) is 35.5. The fourth-order valence-corrected chi connectivity index (χ4v) is 39.7. The number of benzene rings is 6. The van der Waals surface area contributed by atoms with Crippen LogP contribution in [-0.4, -0.2) is 6.94 Å². The van der Waals surface area contributed by atoms with Crippen molar-refractivity contribution in [3.05, 3.63) is 155 Å². The topological polar surface area (TPSA) is 0 Å². The first-order valence-electron chi connectivity index (χ1n) is 15.9. The van der Waals surface area contributed by atoms with Gasteiger partial charge in [0.15, 0.2) is 0 Å². The monoisotopic (exact) mass is 750 g/mol. The van der Waals surface area contributed by atoms with Gasteiger partial charge in [-0.25, -0.2) is 0 Å². The van der Waals surface area contributed by atoms with Gasteiger partial charge >= 0.3 is 265 Å². The summed E-state index contributed by atoms with van der Waals surface area (Å²) in [5.41, 5.74) is 14.5. The predicted octanol–water partition coefficient (Wildman–Crippen LogP) is 11.3. The molecule has 0 saturated heterocycles. The van der Waals surface area contributed by atoms with E-state index in [9.17, 15) is 0 Å². The average molecular weight is 749 g/mol. The van der Waals surface area contributed by atoms with Crippen LogP contribution >= 0.6 is 0 Å². The van der Waals surface area contributed by atoms with Gasteiger partial charge in [-0.15, -0.1) is 0 Å². The first-order chi connectivity index (χ1) is 21.2. The third-order valence-electron chi connectivity index (χ3n) is 10.6. The summed E-state index contributed by atoms with van der Waals surface area (Å²) < 4.78 is 6.52. The Morgan fingerprint density at radius 3 is 1.27 bits per heavy atom. The molecule has 2 aliphatic rings. The molecule has 2 aliphatic carbocycles. The van der Waals surface area contributed by atoms with Crippen molar-refractivity contribution in [1.82, 2.24) is 0 Å². The predicted molar refractivity (Wildman–Crippen MR) is 192 cm³/mol. The second-order valence-electron chi connectivity index (χ2n) is 14.2. The van der Waals surface area contributed by atoms with Crippen LogP contribution in [0.25, 0.3) is 56.0 Å². The second-order valence-corrected chi connectivity index (χ2v) is 57.8. The Bertz CT molecular complexity index is 2130. The maximum atomic E-state index is 2.75. The van der Waals surface area contributed by atoms with E-state index in [1.807, 2.05) is 0 Å². The quantitative estimate of drug-likeness (QED) is 0.158. The van der Waals surface area contributed by atoms with Crippen LogP contribution in [0.4, 0.5) is 0 Å².